The van der Waals surface area contributed by atoms with E-state index in [2.05, 4.69) is 17.2 Å². The monoisotopic (exact) mass is 182 g/mol. The Morgan fingerprint density at radius 1 is 1.69 bits per heavy atom. The fourth-order valence-corrected chi connectivity index (χ4v) is 1.43. The van der Waals surface area contributed by atoms with E-state index in [0.29, 0.717) is 12.6 Å². The molecule has 0 radical (unpaired) electrons. The minimum absolute atomic E-state index is 0.0753. The number of nitrogens with zero attached hydrogens (tertiary/aromatic N) is 1. The Hall–Kier alpha value is -0.860. The van der Waals surface area contributed by atoms with E-state index in [1.54, 1.807) is 0 Å². The standard InChI is InChI=1S/C10H18N2O/c1-3-4-9-7-12-10(13)8(2)5-6-11-9/h6,8-9H,3-5,7H2,1-2H3,(H,12,13). The number of amides is 1. The molecule has 0 saturated heterocycles. The van der Waals surface area contributed by atoms with Crippen LogP contribution < -0.4 is 5.32 Å². The minimum Gasteiger partial charge on any atom is -0.354 e. The second kappa shape index (κ2) is 5.00. The summed E-state index contributed by atoms with van der Waals surface area (Å²) in [4.78, 5) is 15.8. The zero-order valence-corrected chi connectivity index (χ0v) is 8.42. The van der Waals surface area contributed by atoms with Gasteiger partial charge in [-0.15, -0.1) is 0 Å². The lowest BCUT2D eigenvalue weighted by Gasteiger charge is -2.18. The first-order valence-corrected chi connectivity index (χ1v) is 5.03. The lowest BCUT2D eigenvalue weighted by atomic mass is 10.1. The largest absolute Gasteiger partial charge is 0.354 e. The highest BCUT2D eigenvalue weighted by Gasteiger charge is 2.15. The van der Waals surface area contributed by atoms with Gasteiger partial charge in [0.25, 0.3) is 0 Å². The van der Waals surface area contributed by atoms with E-state index in [4.69, 9.17) is 0 Å². The Morgan fingerprint density at radius 2 is 2.46 bits per heavy atom. The molecule has 0 bridgehead atoms. The molecule has 1 amide bonds. The van der Waals surface area contributed by atoms with Gasteiger partial charge in [0.1, 0.15) is 0 Å². The summed E-state index contributed by atoms with van der Waals surface area (Å²) in [7, 11) is 0. The van der Waals surface area contributed by atoms with Gasteiger partial charge in [-0.1, -0.05) is 20.3 Å². The maximum Gasteiger partial charge on any atom is 0.223 e. The third-order valence-electron chi connectivity index (χ3n) is 2.36. The molecule has 1 heterocycles. The van der Waals surface area contributed by atoms with Gasteiger partial charge in [-0.2, -0.15) is 0 Å². The first-order chi connectivity index (χ1) is 6.24. The number of carbonyl (C=O) groups is 1. The van der Waals surface area contributed by atoms with Gasteiger partial charge in [0.15, 0.2) is 0 Å². The SMILES string of the molecule is CCCC1CNC(=O)C(C)CC=N1. The molecular weight excluding hydrogens is 164 g/mol. The second-order valence-electron chi connectivity index (χ2n) is 3.66. The first kappa shape index (κ1) is 10.2. The van der Waals surface area contributed by atoms with Crippen molar-refractivity contribution in [1.29, 1.82) is 0 Å². The van der Waals surface area contributed by atoms with Crippen LogP contribution in [-0.2, 0) is 4.79 Å². The lowest BCUT2D eigenvalue weighted by Crippen LogP contribution is -2.36. The quantitative estimate of drug-likeness (QED) is 0.688. The fraction of sp³-hybridized carbons (Fsp3) is 0.800. The minimum atomic E-state index is 0.0753. The number of carbonyl (C=O) groups excluding carboxylic acids is 1. The number of hydrogen-bond acceptors (Lipinski definition) is 2. The molecule has 1 aliphatic rings. The van der Waals surface area contributed by atoms with Gasteiger partial charge in [0.05, 0.1) is 6.04 Å². The molecule has 0 aromatic heterocycles. The molecule has 0 fully saturated rings. The van der Waals surface area contributed by atoms with Crippen molar-refractivity contribution in [3.63, 3.8) is 0 Å². The predicted molar refractivity (Wildman–Crippen MR) is 54.0 cm³/mol. The summed E-state index contributed by atoms with van der Waals surface area (Å²) < 4.78 is 0. The molecule has 0 spiro atoms. The van der Waals surface area contributed by atoms with Crippen LogP contribution in [-0.4, -0.2) is 24.7 Å². The molecule has 2 atom stereocenters. The van der Waals surface area contributed by atoms with Gasteiger partial charge in [0, 0.05) is 12.5 Å². The Morgan fingerprint density at radius 3 is 3.15 bits per heavy atom. The van der Waals surface area contributed by atoms with Crippen LogP contribution in [0.2, 0.25) is 0 Å². The number of nitrogens with one attached hydrogen (secondary N) is 1. The Balaban J connectivity index is 2.50. The molecule has 0 aliphatic carbocycles. The van der Waals surface area contributed by atoms with E-state index < -0.39 is 0 Å². The van der Waals surface area contributed by atoms with Crippen LogP contribution in [0.4, 0.5) is 0 Å². The third-order valence-corrected chi connectivity index (χ3v) is 2.36. The summed E-state index contributed by atoms with van der Waals surface area (Å²) in [5.41, 5.74) is 0. The molecule has 3 heteroatoms. The average molecular weight is 182 g/mol. The lowest BCUT2D eigenvalue weighted by molar-refractivity contribution is -0.124. The zero-order valence-electron chi connectivity index (χ0n) is 8.42. The Kier molecular flexibility index (Phi) is 3.93. The van der Waals surface area contributed by atoms with Crippen molar-refractivity contribution < 1.29 is 4.79 Å². The Bertz CT molecular complexity index is 201. The maximum atomic E-state index is 11.3. The van der Waals surface area contributed by atoms with Crippen molar-refractivity contribution >= 4 is 12.1 Å². The van der Waals surface area contributed by atoms with E-state index in [1.165, 1.54) is 0 Å². The van der Waals surface area contributed by atoms with Crippen LogP contribution in [0.3, 0.4) is 0 Å². The van der Waals surface area contributed by atoms with Crippen LogP contribution in [0.1, 0.15) is 33.1 Å². The van der Waals surface area contributed by atoms with Crippen molar-refractivity contribution in [2.75, 3.05) is 6.54 Å². The van der Waals surface area contributed by atoms with Gasteiger partial charge >= 0.3 is 0 Å². The van der Waals surface area contributed by atoms with E-state index in [9.17, 15) is 4.79 Å². The van der Waals surface area contributed by atoms with Gasteiger partial charge in [0.2, 0.25) is 5.91 Å². The van der Waals surface area contributed by atoms with Crippen LogP contribution in [0.15, 0.2) is 4.99 Å². The third kappa shape index (κ3) is 3.17. The summed E-state index contributed by atoms with van der Waals surface area (Å²) in [6, 6.07) is 0.293. The number of rotatable bonds is 2. The highest BCUT2D eigenvalue weighted by atomic mass is 16.1. The molecule has 0 aromatic rings. The van der Waals surface area contributed by atoms with Crippen molar-refractivity contribution in [3.8, 4) is 0 Å². The van der Waals surface area contributed by atoms with Crippen molar-refractivity contribution in [3.05, 3.63) is 0 Å². The predicted octanol–water partition coefficient (Wildman–Crippen LogP) is 1.38. The molecule has 74 valence electrons. The van der Waals surface area contributed by atoms with E-state index in [-0.39, 0.29) is 11.8 Å². The summed E-state index contributed by atoms with van der Waals surface area (Å²) in [5, 5.41) is 2.92. The molecule has 1 N–H and O–H groups in total. The number of aliphatic imine (C=N–C) groups is 1. The topological polar surface area (TPSA) is 41.5 Å². The van der Waals surface area contributed by atoms with E-state index in [0.717, 1.165) is 19.3 Å². The number of hydrogen-bond donors (Lipinski definition) is 1. The van der Waals surface area contributed by atoms with E-state index >= 15 is 0 Å². The smallest absolute Gasteiger partial charge is 0.223 e. The van der Waals surface area contributed by atoms with Gasteiger partial charge in [-0.3, -0.25) is 9.79 Å². The molecular formula is C10H18N2O. The summed E-state index contributed by atoms with van der Waals surface area (Å²) in [6.07, 6.45) is 4.86. The van der Waals surface area contributed by atoms with Crippen LogP contribution >= 0.6 is 0 Å². The normalized spacial score (nSPS) is 29.2. The summed E-state index contributed by atoms with van der Waals surface area (Å²) in [6.45, 7) is 4.77. The molecule has 2 unspecified atom stereocenters. The van der Waals surface area contributed by atoms with Crippen LogP contribution in [0.25, 0.3) is 0 Å². The Labute approximate surface area is 79.6 Å². The molecule has 1 rings (SSSR count). The van der Waals surface area contributed by atoms with E-state index in [1.807, 2.05) is 13.1 Å². The highest BCUT2D eigenvalue weighted by Crippen LogP contribution is 2.06. The zero-order chi connectivity index (χ0) is 9.68. The molecule has 3 nitrogen and oxygen atoms in total. The van der Waals surface area contributed by atoms with Crippen molar-refractivity contribution in [2.24, 2.45) is 10.9 Å². The maximum absolute atomic E-state index is 11.3. The highest BCUT2D eigenvalue weighted by molar-refractivity contribution is 5.81. The van der Waals surface area contributed by atoms with Gasteiger partial charge in [-0.25, -0.2) is 0 Å². The van der Waals surface area contributed by atoms with Gasteiger partial charge in [-0.05, 0) is 19.1 Å². The van der Waals surface area contributed by atoms with Crippen LogP contribution in [0, 0.1) is 5.92 Å². The average Bonchev–Trinajstić information content (AvgIpc) is 2.11. The summed E-state index contributed by atoms with van der Waals surface area (Å²) >= 11 is 0. The molecule has 1 aliphatic heterocycles. The van der Waals surface area contributed by atoms with Gasteiger partial charge < -0.3 is 5.32 Å². The van der Waals surface area contributed by atoms with Crippen LogP contribution in [0.5, 0.6) is 0 Å². The summed E-state index contributed by atoms with van der Waals surface area (Å²) in [5.74, 6) is 0.235. The molecule has 0 aromatic carbocycles. The van der Waals surface area contributed by atoms with Crippen molar-refractivity contribution in [1.82, 2.24) is 5.32 Å². The second-order valence-corrected chi connectivity index (χ2v) is 3.66. The fourth-order valence-electron chi connectivity index (χ4n) is 1.43. The molecule has 0 saturated carbocycles. The van der Waals surface area contributed by atoms with Crippen molar-refractivity contribution in [2.45, 2.75) is 39.2 Å². The first-order valence-electron chi connectivity index (χ1n) is 5.03. The molecule has 13 heavy (non-hydrogen) atoms.